The van der Waals surface area contributed by atoms with Crippen molar-refractivity contribution >= 4 is 50.4 Å². The highest BCUT2D eigenvalue weighted by molar-refractivity contribution is 7.99. The van der Waals surface area contributed by atoms with Gasteiger partial charge in [-0.15, -0.1) is 0 Å². The van der Waals surface area contributed by atoms with Gasteiger partial charge in [-0.25, -0.2) is 22.1 Å². The molecule has 11 nitrogen and oxygen atoms in total. The Labute approximate surface area is 906 Å². The van der Waals surface area contributed by atoms with Gasteiger partial charge in [0.25, 0.3) is 5.91 Å². The fourth-order valence-electron chi connectivity index (χ4n) is 27.0. The number of ether oxygens (including phenoxy) is 3. The molecular weight excluding hydrogens is 1890 g/mol. The van der Waals surface area contributed by atoms with Crippen LogP contribution in [0.1, 0.15) is 436 Å². The second kappa shape index (κ2) is 47.9. The van der Waals surface area contributed by atoms with Crippen LogP contribution in [0.4, 0.5) is 0 Å². The number of cyclic esters (lactones) is 1. The van der Waals surface area contributed by atoms with Crippen LogP contribution in [0.25, 0.3) is 0 Å². The number of fused-ring (bicyclic) bond motifs is 12. The van der Waals surface area contributed by atoms with Gasteiger partial charge in [-0.1, -0.05) is 421 Å². The zero-order chi connectivity index (χ0) is 108. The summed E-state index contributed by atoms with van der Waals surface area (Å²) in [5.74, 6) is 6.52. The Morgan fingerprint density at radius 2 is 0.752 bits per heavy atom. The summed E-state index contributed by atoms with van der Waals surface area (Å²) in [5, 5.41) is 2.35. The molecule has 7 aliphatic heterocycles. The van der Waals surface area contributed by atoms with Gasteiger partial charge < -0.3 is 14.2 Å². The van der Waals surface area contributed by atoms with Crippen LogP contribution in [-0.2, 0) is 80.1 Å². The zero-order valence-corrected chi connectivity index (χ0v) is 98.4. The largest absolute Gasteiger partial charge is 0.457 e. The second-order valence-corrected chi connectivity index (χ2v) is 57.4. The molecule has 2 amide bonds. The quantitative estimate of drug-likeness (QED) is 0.111. The van der Waals surface area contributed by atoms with Crippen molar-refractivity contribution < 1.29 is 41.2 Å². The maximum atomic E-state index is 12.5. The van der Waals surface area contributed by atoms with Crippen LogP contribution in [0.5, 0.6) is 11.5 Å². The Hall–Kier alpha value is -9.02. The predicted octanol–water partition coefficient (Wildman–Crippen LogP) is 36.5. The smallest absolute Gasteiger partial charge is 0.339 e. The monoisotopic (exact) mass is 2070 g/mol. The maximum absolute atomic E-state index is 12.5. The first-order valence-corrected chi connectivity index (χ1v) is 59.8. The van der Waals surface area contributed by atoms with Crippen molar-refractivity contribution in [3.63, 3.8) is 0 Å². The van der Waals surface area contributed by atoms with Crippen LogP contribution in [0, 0.1) is 62.1 Å². The van der Waals surface area contributed by atoms with Gasteiger partial charge in [0.15, 0.2) is 0 Å². The number of para-hydroxylation sites is 2. The molecule has 7 fully saturated rings. The molecule has 7 heterocycles. The molecule has 10 aromatic rings. The molecule has 2 N–H and O–H groups in total. The number of carbonyl (C=O) groups excluding carboxylic acids is 3. The number of imide groups is 1. The molecule has 4 atom stereocenters. The highest BCUT2D eigenvalue weighted by atomic mass is 32.2. The zero-order valence-electron chi connectivity index (χ0n) is 96.0. The van der Waals surface area contributed by atoms with Crippen LogP contribution in [-0.4, -0.2) is 30.4 Å². The molecule has 0 bridgehead atoms. The Bertz CT molecular complexity index is 6110. The first-order chi connectivity index (χ1) is 69.9. The number of amides is 2. The van der Waals surface area contributed by atoms with E-state index in [1.165, 1.54) is 215 Å². The van der Waals surface area contributed by atoms with Gasteiger partial charge in [-0.2, -0.15) is 0 Å². The fraction of sp³-hybridized carbons (Fsp3) is 0.533. The van der Waals surface area contributed by atoms with Crippen LogP contribution >= 0.6 is 11.8 Å². The van der Waals surface area contributed by atoms with E-state index in [0.717, 1.165) is 74.2 Å². The Morgan fingerprint density at radius 3 is 1.24 bits per heavy atom. The molecule has 7 aliphatic carbocycles. The van der Waals surface area contributed by atoms with Crippen molar-refractivity contribution in [2.75, 3.05) is 0 Å². The summed E-state index contributed by atoms with van der Waals surface area (Å²) in [7, 11) is -4.30. The molecule has 4 unspecified atom stereocenters. The van der Waals surface area contributed by atoms with Crippen molar-refractivity contribution in [2.24, 2.45) is 62.1 Å². The molecule has 0 radical (unpaired) electrons. The molecule has 14 heteroatoms. The SMILES string of the molecule is CC1(C)C(=O)NC(=O)c2ccccc21.CC1(C)CCC2CCCCC2C1.CC1(C)CCCC1.CC1(C)CCCC2CCCCC21.CC1(C)CCCCC1.CC1(C)NS(=O)(=O)c2ccccc21.CC1(C)OC(=O)c2ccccc21.CC1(C)OCc2ccccc21.CC1(C)c2ccccc2Oc2ccccc21.CC1(C)c2ccccc2S(=O)c2ccccc21.CC1(C)c2ccccc2Sc2ccccc21.CC1CC(C)(C)CC(C)(C)C1. The van der Waals surface area contributed by atoms with E-state index in [2.05, 4.69) is 265 Å². The van der Waals surface area contributed by atoms with E-state index in [9.17, 15) is 27.0 Å². The van der Waals surface area contributed by atoms with E-state index in [-0.39, 0.29) is 39.6 Å². The molecule has 149 heavy (non-hydrogen) atoms. The number of hydrogen-bond acceptors (Lipinski definition) is 10. The summed E-state index contributed by atoms with van der Waals surface area (Å²) < 4.78 is 54.9. The topological polar surface area (TPSA) is 154 Å². The molecule has 0 aromatic heterocycles. The number of benzene rings is 10. The van der Waals surface area contributed by atoms with E-state index in [1.807, 2.05) is 156 Å². The number of esters is 1. The molecule has 804 valence electrons. The minimum Gasteiger partial charge on any atom is -0.457 e. The van der Waals surface area contributed by atoms with Crippen molar-refractivity contribution in [1.82, 2.24) is 10.0 Å². The van der Waals surface area contributed by atoms with Crippen LogP contribution in [0.2, 0.25) is 0 Å². The van der Waals surface area contributed by atoms with Crippen LogP contribution in [0.3, 0.4) is 0 Å². The third-order valence-electron chi connectivity index (χ3n) is 34.8. The standard InChI is InChI=1S/C15H14OS.C15H14O.C15H14S.2C12H22.C11H11NO2.C11H22.C10H10O2.C10H12O.C9H11NO2S.C8H16.C7H14/c1-15(2)11-7-3-5-9-13(11)17(16)14-10-6-4-8-12(14)15;2*1-15(2)11-7-3-5-9-13(11)16-14-10-6-4-8-12(14)15;1-12(2)9-5-7-10-6-3-4-8-11(10)12;1-12(2)8-7-10-5-3-4-6-11(10)9-12;1-11(2)8-6-4-3-5-7(8)9(13)12-10(11)14;1-9-6-10(2,3)8-11(4,5)7-9;1-10(2)8-6-4-3-5-7(8)9(11)12-10;1-10(2)9-6-4-3-5-8(9)7-11-10;1-9(2)7-5-3-4-6-8(7)13(11,12)10-9;1-8(2)6-4-3-5-7-8;1-7(2)5-3-4-6-7/h3-10H,1-2H3;2*3-10H,1-2H3;2*10-11H,3-9H2,1-2H3;3-6H,1-2H3,(H,12,13,14);9H,6-8H2,1-5H3;3-6H,1-2H3;3-6H,7H2,1-2H3;3-6,10H,1-2H3;3-7H2,1-2H3;3-6H2,1-2H3. The Balaban J connectivity index is 0.000000136. The third kappa shape index (κ3) is 29.2. The van der Waals surface area contributed by atoms with Gasteiger partial charge in [-0.3, -0.25) is 14.9 Å². The van der Waals surface area contributed by atoms with Crippen molar-refractivity contribution in [3.05, 3.63) is 315 Å². The predicted molar refractivity (Wildman–Crippen MR) is 621 cm³/mol. The number of sulfonamides is 1. The molecule has 0 saturated heterocycles. The van der Waals surface area contributed by atoms with Crippen molar-refractivity contribution in [1.29, 1.82) is 0 Å². The van der Waals surface area contributed by atoms with Gasteiger partial charge >= 0.3 is 5.97 Å². The lowest BCUT2D eigenvalue weighted by Gasteiger charge is -2.46. The summed E-state index contributed by atoms with van der Waals surface area (Å²) in [6.07, 6.45) is 38.6. The van der Waals surface area contributed by atoms with Crippen LogP contribution < -0.4 is 14.8 Å². The van der Waals surface area contributed by atoms with Crippen molar-refractivity contribution in [3.8, 4) is 11.5 Å². The molecular formula is C135H182N2O9S3. The van der Waals surface area contributed by atoms with Gasteiger partial charge in [-0.05, 0) is 294 Å². The summed E-state index contributed by atoms with van der Waals surface area (Å²) in [6.45, 7) is 61.0. The first-order valence-electron chi connectivity index (χ1n) is 56.4. The number of hydrogen-bond donors (Lipinski definition) is 2. The molecule has 24 rings (SSSR count). The average molecular weight is 2070 g/mol. The lowest BCUT2D eigenvalue weighted by Crippen LogP contribution is -2.48. The first kappa shape index (κ1) is 117. The summed E-state index contributed by atoms with van der Waals surface area (Å²) in [6, 6.07) is 80.2. The van der Waals surface area contributed by atoms with E-state index < -0.39 is 37.4 Å². The lowest BCUT2D eigenvalue weighted by molar-refractivity contribution is -0.125. The molecule has 10 aromatic carbocycles. The maximum Gasteiger partial charge on any atom is 0.339 e. The highest BCUT2D eigenvalue weighted by Gasteiger charge is 2.46. The summed E-state index contributed by atoms with van der Waals surface area (Å²) in [4.78, 5) is 39.4. The molecule has 0 spiro atoms. The average Bonchev–Trinajstić information content (AvgIpc) is 0.838. The normalized spacial score (nSPS) is 23.7. The van der Waals surface area contributed by atoms with Crippen LogP contribution in [0.15, 0.2) is 267 Å². The van der Waals surface area contributed by atoms with Gasteiger partial charge in [0.05, 0.1) is 44.4 Å². The Kier molecular flexibility index (Phi) is 37.6. The molecule has 7 saturated carbocycles. The van der Waals surface area contributed by atoms with E-state index >= 15 is 0 Å². The van der Waals surface area contributed by atoms with Gasteiger partial charge in [0, 0.05) is 58.1 Å². The van der Waals surface area contributed by atoms with Gasteiger partial charge in [0.1, 0.15) is 17.1 Å². The highest BCUT2D eigenvalue weighted by Crippen LogP contribution is 2.55. The Morgan fingerprint density at radius 1 is 0.342 bits per heavy atom. The number of carbonyl (C=O) groups is 3. The lowest BCUT2D eigenvalue weighted by atomic mass is 9.59. The van der Waals surface area contributed by atoms with E-state index in [4.69, 9.17) is 14.2 Å². The summed E-state index contributed by atoms with van der Waals surface area (Å²) >= 11 is 1.88. The second-order valence-electron chi connectivity index (χ2n) is 53.3. The summed E-state index contributed by atoms with van der Waals surface area (Å²) in [5.41, 5.74) is 16.7. The molecule has 14 aliphatic rings. The van der Waals surface area contributed by atoms with Crippen molar-refractivity contribution in [2.45, 2.75) is 423 Å². The minimum atomic E-state index is -3.26. The fourth-order valence-corrected chi connectivity index (χ4v) is 31.8. The van der Waals surface area contributed by atoms with Gasteiger partial charge in [0.2, 0.25) is 15.9 Å². The third-order valence-corrected chi connectivity index (χ3v) is 39.2. The minimum absolute atomic E-state index is 0.0193. The number of nitrogens with one attached hydrogen (secondary N) is 2. The van der Waals surface area contributed by atoms with E-state index in [1.54, 1.807) is 36.8 Å². The van der Waals surface area contributed by atoms with E-state index in [0.29, 0.717) is 48.5 Å². The number of rotatable bonds is 0.